The lowest BCUT2D eigenvalue weighted by Crippen LogP contribution is -2.32. The molecule has 6 nitrogen and oxygen atoms in total. The summed E-state index contributed by atoms with van der Waals surface area (Å²) in [7, 11) is 0. The number of rotatable bonds is 10. The van der Waals surface area contributed by atoms with E-state index in [0.717, 1.165) is 0 Å². The van der Waals surface area contributed by atoms with Gasteiger partial charge >= 0.3 is 5.97 Å². The van der Waals surface area contributed by atoms with E-state index in [4.69, 9.17) is 26.2 Å². The van der Waals surface area contributed by atoms with E-state index in [1.807, 2.05) is 18.7 Å². The zero-order valence-corrected chi connectivity index (χ0v) is 13.1. The van der Waals surface area contributed by atoms with Crippen LogP contribution in [0.3, 0.4) is 0 Å². The summed E-state index contributed by atoms with van der Waals surface area (Å²) in [4.78, 5) is 17.3. The van der Waals surface area contributed by atoms with Crippen LogP contribution in [0, 0.1) is 0 Å². The molecule has 0 aromatic carbocycles. The molecule has 0 amide bonds. The molecular weight excluding hydrogens is 296 g/mol. The van der Waals surface area contributed by atoms with Gasteiger partial charge in [0.05, 0.1) is 23.8 Å². The molecule has 0 saturated heterocycles. The Morgan fingerprint density at radius 3 is 2.33 bits per heavy atom. The lowest BCUT2D eigenvalue weighted by Gasteiger charge is -2.24. The first-order chi connectivity index (χ1) is 10.1. The van der Waals surface area contributed by atoms with Crippen molar-refractivity contribution in [1.29, 1.82) is 0 Å². The number of aromatic nitrogens is 1. The van der Waals surface area contributed by atoms with Crippen LogP contribution in [0.15, 0.2) is 12.3 Å². The summed E-state index contributed by atoms with van der Waals surface area (Å²) in [6.07, 6.45) is 1.36. The smallest absolute Gasteiger partial charge is 0.337 e. The lowest BCUT2D eigenvalue weighted by molar-refractivity contribution is 0.0697. The number of ether oxygens (including phenoxy) is 2. The largest absolute Gasteiger partial charge is 0.478 e. The minimum absolute atomic E-state index is 0.0412. The Morgan fingerprint density at radius 1 is 1.29 bits per heavy atom. The fraction of sp³-hybridized carbons (Fsp3) is 0.571. The topological polar surface area (TPSA) is 71.9 Å². The highest BCUT2D eigenvalue weighted by atomic mass is 35.5. The Kier molecular flexibility index (Phi) is 8.04. The van der Waals surface area contributed by atoms with Gasteiger partial charge in [0.25, 0.3) is 0 Å². The van der Waals surface area contributed by atoms with Crippen LogP contribution in [-0.4, -0.2) is 55.6 Å². The quantitative estimate of drug-likeness (QED) is 0.668. The molecular formula is C14H21ClN2O4. The highest BCUT2D eigenvalue weighted by Gasteiger charge is 2.14. The number of carboxylic acids is 1. The maximum atomic E-state index is 11.1. The van der Waals surface area contributed by atoms with Crippen molar-refractivity contribution in [2.24, 2.45) is 0 Å². The minimum Gasteiger partial charge on any atom is -0.478 e. The van der Waals surface area contributed by atoms with Crippen LogP contribution in [0.25, 0.3) is 0 Å². The number of anilines is 1. The summed E-state index contributed by atoms with van der Waals surface area (Å²) >= 11 is 5.84. The summed E-state index contributed by atoms with van der Waals surface area (Å²) in [6.45, 7) is 7.40. The second kappa shape index (κ2) is 9.55. The van der Waals surface area contributed by atoms with Gasteiger partial charge < -0.3 is 19.5 Å². The summed E-state index contributed by atoms with van der Waals surface area (Å²) in [5, 5.41) is 9.25. The molecule has 0 saturated carbocycles. The lowest BCUT2D eigenvalue weighted by atomic mass is 10.2. The Hall–Kier alpha value is -1.37. The molecule has 7 heteroatoms. The molecule has 1 rings (SSSR count). The van der Waals surface area contributed by atoms with E-state index >= 15 is 0 Å². The van der Waals surface area contributed by atoms with Crippen molar-refractivity contribution in [2.75, 3.05) is 44.4 Å². The normalized spacial score (nSPS) is 10.6. The van der Waals surface area contributed by atoms with Crippen LogP contribution < -0.4 is 4.90 Å². The number of halogens is 1. The molecule has 0 spiro atoms. The summed E-state index contributed by atoms with van der Waals surface area (Å²) in [6, 6.07) is 1.47. The Labute approximate surface area is 129 Å². The van der Waals surface area contributed by atoms with Crippen LogP contribution in [0.2, 0.25) is 5.02 Å². The average molecular weight is 317 g/mol. The number of pyridine rings is 1. The fourth-order valence-corrected chi connectivity index (χ4v) is 1.93. The summed E-state index contributed by atoms with van der Waals surface area (Å²) in [5.41, 5.74) is 0.0412. The van der Waals surface area contributed by atoms with Crippen molar-refractivity contribution in [3.8, 4) is 0 Å². The van der Waals surface area contributed by atoms with Gasteiger partial charge in [-0.3, -0.25) is 0 Å². The van der Waals surface area contributed by atoms with Crippen LogP contribution in [0.1, 0.15) is 24.2 Å². The standard InChI is InChI=1S/C14H21ClN2O4/c1-3-20-7-5-17(6-8-21-4-2)13-9-11(14(18)19)12(15)10-16-13/h9-10H,3-8H2,1-2H3,(H,18,19). The van der Waals surface area contributed by atoms with E-state index in [1.165, 1.54) is 12.3 Å². The van der Waals surface area contributed by atoms with Gasteiger partial charge in [0.15, 0.2) is 0 Å². The second-order valence-corrected chi connectivity index (χ2v) is 4.62. The van der Waals surface area contributed by atoms with E-state index in [2.05, 4.69) is 4.98 Å². The van der Waals surface area contributed by atoms with Gasteiger partial charge in [0, 0.05) is 32.5 Å². The molecule has 1 aromatic heterocycles. The molecule has 1 heterocycles. The van der Waals surface area contributed by atoms with E-state index in [-0.39, 0.29) is 10.6 Å². The second-order valence-electron chi connectivity index (χ2n) is 4.21. The Morgan fingerprint density at radius 2 is 1.86 bits per heavy atom. The zero-order valence-electron chi connectivity index (χ0n) is 12.3. The maximum absolute atomic E-state index is 11.1. The van der Waals surface area contributed by atoms with Gasteiger partial charge in [-0.05, 0) is 19.9 Å². The third kappa shape index (κ3) is 5.87. The first-order valence-electron chi connectivity index (χ1n) is 6.89. The van der Waals surface area contributed by atoms with Crippen molar-refractivity contribution >= 4 is 23.4 Å². The number of carboxylic acid groups (broad SMARTS) is 1. The van der Waals surface area contributed by atoms with Gasteiger partial charge in [0.2, 0.25) is 0 Å². The van der Waals surface area contributed by atoms with Crippen LogP contribution >= 0.6 is 11.6 Å². The molecule has 0 unspecified atom stereocenters. The predicted octanol–water partition coefficient (Wildman–Crippen LogP) is 2.31. The van der Waals surface area contributed by atoms with Crippen molar-refractivity contribution in [1.82, 2.24) is 4.98 Å². The molecule has 0 radical (unpaired) electrons. The molecule has 118 valence electrons. The fourth-order valence-electron chi connectivity index (χ4n) is 1.74. The Balaban J connectivity index is 2.84. The molecule has 1 N–H and O–H groups in total. The maximum Gasteiger partial charge on any atom is 0.337 e. The molecule has 0 aliphatic heterocycles. The van der Waals surface area contributed by atoms with Crippen LogP contribution in [0.5, 0.6) is 0 Å². The van der Waals surface area contributed by atoms with Gasteiger partial charge in [-0.15, -0.1) is 0 Å². The van der Waals surface area contributed by atoms with E-state index < -0.39 is 5.97 Å². The summed E-state index contributed by atoms with van der Waals surface area (Å²) < 4.78 is 10.7. The van der Waals surface area contributed by atoms with Gasteiger partial charge in [-0.2, -0.15) is 0 Å². The molecule has 0 bridgehead atoms. The highest BCUT2D eigenvalue weighted by molar-refractivity contribution is 6.33. The molecule has 0 atom stereocenters. The van der Waals surface area contributed by atoms with Crippen LogP contribution in [0.4, 0.5) is 5.82 Å². The van der Waals surface area contributed by atoms with E-state index in [0.29, 0.717) is 45.3 Å². The predicted molar refractivity (Wildman–Crippen MR) is 81.4 cm³/mol. The molecule has 0 aliphatic rings. The van der Waals surface area contributed by atoms with Gasteiger partial charge in [0.1, 0.15) is 5.82 Å². The number of hydrogen-bond donors (Lipinski definition) is 1. The number of nitrogens with zero attached hydrogens (tertiary/aromatic N) is 2. The molecule has 21 heavy (non-hydrogen) atoms. The average Bonchev–Trinajstić information content (AvgIpc) is 2.46. The van der Waals surface area contributed by atoms with Gasteiger partial charge in [-0.25, -0.2) is 9.78 Å². The first kappa shape index (κ1) is 17.7. The third-order valence-corrected chi connectivity index (χ3v) is 3.12. The van der Waals surface area contributed by atoms with Crippen molar-refractivity contribution < 1.29 is 19.4 Å². The van der Waals surface area contributed by atoms with Crippen molar-refractivity contribution in [3.63, 3.8) is 0 Å². The first-order valence-corrected chi connectivity index (χ1v) is 7.27. The number of hydrogen-bond acceptors (Lipinski definition) is 5. The summed E-state index contributed by atoms with van der Waals surface area (Å²) in [5.74, 6) is -0.519. The minimum atomic E-state index is -1.07. The monoisotopic (exact) mass is 316 g/mol. The zero-order chi connectivity index (χ0) is 15.7. The highest BCUT2D eigenvalue weighted by Crippen LogP contribution is 2.20. The third-order valence-electron chi connectivity index (χ3n) is 2.81. The molecule has 0 aliphatic carbocycles. The number of carbonyl (C=O) groups is 1. The molecule has 1 aromatic rings. The molecule has 0 fully saturated rings. The van der Waals surface area contributed by atoms with E-state index in [9.17, 15) is 4.79 Å². The number of aromatic carboxylic acids is 1. The van der Waals surface area contributed by atoms with Crippen molar-refractivity contribution in [2.45, 2.75) is 13.8 Å². The Bertz CT molecular complexity index is 447. The van der Waals surface area contributed by atoms with E-state index in [1.54, 1.807) is 0 Å². The van der Waals surface area contributed by atoms with Crippen molar-refractivity contribution in [3.05, 3.63) is 22.8 Å². The van der Waals surface area contributed by atoms with Crippen LogP contribution in [-0.2, 0) is 9.47 Å². The van der Waals surface area contributed by atoms with Gasteiger partial charge in [-0.1, -0.05) is 11.6 Å². The SMILES string of the molecule is CCOCCN(CCOCC)c1cc(C(=O)O)c(Cl)cn1.